The molecule has 0 saturated carbocycles. The van der Waals surface area contributed by atoms with E-state index in [1.54, 1.807) is 0 Å². The summed E-state index contributed by atoms with van der Waals surface area (Å²) < 4.78 is 0. The highest BCUT2D eigenvalue weighted by Crippen LogP contribution is 2.41. The molecule has 1 aromatic heterocycles. The standard InChI is InChI=1S/C19H18N4/c1-14-15(2)21-19-18(20-14)22(16-9-5-3-6-10-16)13-23(19)17-11-7-4-8-12-17/h3-12H,13H2,1-2H3. The van der Waals surface area contributed by atoms with Gasteiger partial charge in [-0.2, -0.15) is 0 Å². The van der Waals surface area contributed by atoms with E-state index in [2.05, 4.69) is 58.3 Å². The van der Waals surface area contributed by atoms with Gasteiger partial charge in [-0.15, -0.1) is 0 Å². The van der Waals surface area contributed by atoms with E-state index in [4.69, 9.17) is 9.97 Å². The van der Waals surface area contributed by atoms with Gasteiger partial charge in [-0.25, -0.2) is 9.97 Å². The molecule has 4 heteroatoms. The molecule has 0 radical (unpaired) electrons. The fourth-order valence-corrected chi connectivity index (χ4v) is 2.84. The summed E-state index contributed by atoms with van der Waals surface area (Å²) in [7, 11) is 0. The van der Waals surface area contributed by atoms with Crippen molar-refractivity contribution in [2.24, 2.45) is 0 Å². The summed E-state index contributed by atoms with van der Waals surface area (Å²) in [6.07, 6.45) is 0. The van der Waals surface area contributed by atoms with Gasteiger partial charge < -0.3 is 9.80 Å². The highest BCUT2D eigenvalue weighted by Gasteiger charge is 2.31. The first kappa shape index (κ1) is 13.8. The van der Waals surface area contributed by atoms with Gasteiger partial charge in [0.2, 0.25) is 0 Å². The van der Waals surface area contributed by atoms with Crippen molar-refractivity contribution in [2.45, 2.75) is 13.8 Å². The molecule has 1 aliphatic heterocycles. The lowest BCUT2D eigenvalue weighted by Gasteiger charge is -2.20. The molecular weight excluding hydrogens is 284 g/mol. The first-order valence-corrected chi connectivity index (χ1v) is 7.74. The number of nitrogens with zero attached hydrogens (tertiary/aromatic N) is 4. The number of aryl methyl sites for hydroxylation is 2. The van der Waals surface area contributed by atoms with Gasteiger partial charge in [0.15, 0.2) is 11.6 Å². The zero-order valence-corrected chi connectivity index (χ0v) is 13.3. The Bertz CT molecular complexity index is 760. The van der Waals surface area contributed by atoms with Crippen LogP contribution in [0.5, 0.6) is 0 Å². The molecule has 0 bridgehead atoms. The Balaban J connectivity index is 1.86. The van der Waals surface area contributed by atoms with Crippen molar-refractivity contribution in [3.05, 3.63) is 72.1 Å². The summed E-state index contributed by atoms with van der Waals surface area (Å²) in [6.45, 7) is 4.74. The minimum atomic E-state index is 0.715. The van der Waals surface area contributed by atoms with Crippen LogP contribution in [0.1, 0.15) is 11.4 Å². The zero-order valence-electron chi connectivity index (χ0n) is 13.3. The van der Waals surface area contributed by atoms with Gasteiger partial charge >= 0.3 is 0 Å². The molecule has 0 N–H and O–H groups in total. The van der Waals surface area contributed by atoms with E-state index in [9.17, 15) is 0 Å². The second kappa shape index (κ2) is 5.39. The molecule has 0 saturated heterocycles. The second-order valence-electron chi connectivity index (χ2n) is 5.71. The molecule has 0 unspecified atom stereocenters. The van der Waals surface area contributed by atoms with Crippen LogP contribution >= 0.6 is 0 Å². The number of anilines is 4. The first-order chi connectivity index (χ1) is 11.2. The van der Waals surface area contributed by atoms with Gasteiger partial charge in [0, 0.05) is 11.4 Å². The minimum absolute atomic E-state index is 0.715. The van der Waals surface area contributed by atoms with E-state index in [0.29, 0.717) is 6.67 Å². The molecule has 0 spiro atoms. The van der Waals surface area contributed by atoms with Crippen LogP contribution in [-0.4, -0.2) is 16.6 Å². The van der Waals surface area contributed by atoms with E-state index >= 15 is 0 Å². The normalized spacial score (nSPS) is 13.3. The van der Waals surface area contributed by atoms with Crippen LogP contribution in [0.4, 0.5) is 23.0 Å². The van der Waals surface area contributed by atoms with Crippen molar-refractivity contribution in [1.29, 1.82) is 0 Å². The van der Waals surface area contributed by atoms with Crippen LogP contribution in [0, 0.1) is 13.8 Å². The number of hydrogen-bond acceptors (Lipinski definition) is 4. The van der Waals surface area contributed by atoms with E-state index in [-0.39, 0.29) is 0 Å². The van der Waals surface area contributed by atoms with Crippen molar-refractivity contribution in [1.82, 2.24) is 9.97 Å². The average Bonchev–Trinajstić information content (AvgIpc) is 2.95. The van der Waals surface area contributed by atoms with Gasteiger partial charge in [0.1, 0.15) is 6.67 Å². The average molecular weight is 302 g/mol. The molecule has 0 fully saturated rings. The van der Waals surface area contributed by atoms with Crippen LogP contribution in [-0.2, 0) is 0 Å². The molecule has 114 valence electrons. The van der Waals surface area contributed by atoms with Gasteiger partial charge in [0.05, 0.1) is 11.4 Å². The fraction of sp³-hybridized carbons (Fsp3) is 0.158. The third kappa shape index (κ3) is 2.32. The number of benzene rings is 2. The largest absolute Gasteiger partial charge is 0.305 e. The lowest BCUT2D eigenvalue weighted by Crippen LogP contribution is -2.24. The third-order valence-electron chi connectivity index (χ3n) is 4.20. The fourth-order valence-electron chi connectivity index (χ4n) is 2.84. The number of rotatable bonds is 2. The summed E-state index contributed by atoms with van der Waals surface area (Å²) in [5.74, 6) is 1.84. The summed E-state index contributed by atoms with van der Waals surface area (Å²) in [4.78, 5) is 14.0. The highest BCUT2D eigenvalue weighted by atomic mass is 15.4. The van der Waals surface area contributed by atoms with Crippen molar-refractivity contribution in [2.75, 3.05) is 16.5 Å². The van der Waals surface area contributed by atoms with Crippen molar-refractivity contribution < 1.29 is 0 Å². The van der Waals surface area contributed by atoms with Gasteiger partial charge in [-0.1, -0.05) is 36.4 Å². The summed E-state index contributed by atoms with van der Waals surface area (Å²) >= 11 is 0. The molecule has 2 aromatic carbocycles. The Morgan fingerprint density at radius 1 is 0.652 bits per heavy atom. The Labute approximate surface area is 136 Å². The van der Waals surface area contributed by atoms with Gasteiger partial charge in [-0.3, -0.25) is 0 Å². The maximum atomic E-state index is 4.81. The Morgan fingerprint density at radius 3 is 1.43 bits per heavy atom. The minimum Gasteiger partial charge on any atom is -0.305 e. The lowest BCUT2D eigenvalue weighted by atomic mass is 10.3. The predicted molar refractivity (Wildman–Crippen MR) is 93.5 cm³/mol. The number of aromatic nitrogens is 2. The SMILES string of the molecule is Cc1nc2c(nc1C)N(c1ccccc1)CN2c1ccccc1. The topological polar surface area (TPSA) is 32.3 Å². The van der Waals surface area contributed by atoms with Crippen LogP contribution in [0.2, 0.25) is 0 Å². The molecular formula is C19H18N4. The summed E-state index contributed by atoms with van der Waals surface area (Å²) in [5, 5.41) is 0. The van der Waals surface area contributed by atoms with E-state index in [1.807, 2.05) is 26.0 Å². The molecule has 23 heavy (non-hydrogen) atoms. The summed E-state index contributed by atoms with van der Waals surface area (Å²) in [6, 6.07) is 20.7. The van der Waals surface area contributed by atoms with Crippen LogP contribution in [0.25, 0.3) is 0 Å². The second-order valence-corrected chi connectivity index (χ2v) is 5.71. The van der Waals surface area contributed by atoms with Crippen molar-refractivity contribution in [3.63, 3.8) is 0 Å². The van der Waals surface area contributed by atoms with Crippen LogP contribution < -0.4 is 9.80 Å². The van der Waals surface area contributed by atoms with Crippen molar-refractivity contribution in [3.8, 4) is 0 Å². The Morgan fingerprint density at radius 2 is 1.04 bits per heavy atom. The zero-order chi connectivity index (χ0) is 15.8. The molecule has 0 amide bonds. The number of fused-ring (bicyclic) bond motifs is 1. The monoisotopic (exact) mass is 302 g/mol. The molecule has 4 rings (SSSR count). The molecule has 1 aliphatic rings. The Kier molecular flexibility index (Phi) is 3.23. The third-order valence-corrected chi connectivity index (χ3v) is 4.20. The quantitative estimate of drug-likeness (QED) is 0.705. The molecule has 3 aromatic rings. The van der Waals surface area contributed by atoms with Gasteiger partial charge in [-0.05, 0) is 38.1 Å². The Hall–Kier alpha value is -2.88. The van der Waals surface area contributed by atoms with Crippen LogP contribution in [0.15, 0.2) is 60.7 Å². The molecule has 0 atom stereocenters. The van der Waals surface area contributed by atoms with E-state index in [1.165, 1.54) is 0 Å². The maximum absolute atomic E-state index is 4.81. The van der Waals surface area contributed by atoms with E-state index in [0.717, 1.165) is 34.4 Å². The lowest BCUT2D eigenvalue weighted by molar-refractivity contribution is 0.975. The summed E-state index contributed by atoms with van der Waals surface area (Å²) in [5.41, 5.74) is 4.20. The number of para-hydroxylation sites is 2. The van der Waals surface area contributed by atoms with Crippen LogP contribution in [0.3, 0.4) is 0 Å². The highest BCUT2D eigenvalue weighted by molar-refractivity contribution is 5.81. The molecule has 2 heterocycles. The molecule has 4 nitrogen and oxygen atoms in total. The predicted octanol–water partition coefficient (Wildman–Crippen LogP) is 4.34. The van der Waals surface area contributed by atoms with Gasteiger partial charge in [0.25, 0.3) is 0 Å². The molecule has 0 aliphatic carbocycles. The van der Waals surface area contributed by atoms with E-state index < -0.39 is 0 Å². The first-order valence-electron chi connectivity index (χ1n) is 7.74. The smallest absolute Gasteiger partial charge is 0.178 e. The maximum Gasteiger partial charge on any atom is 0.178 e. The number of hydrogen-bond donors (Lipinski definition) is 0. The van der Waals surface area contributed by atoms with Crippen molar-refractivity contribution >= 4 is 23.0 Å².